The number of rotatable bonds is 4. The molecule has 4 nitrogen and oxygen atoms in total. The minimum absolute atomic E-state index is 0.0931. The van der Waals surface area contributed by atoms with Crippen LogP contribution in [0.4, 0.5) is 0 Å². The number of hydrogen-bond acceptors (Lipinski definition) is 4. The van der Waals surface area contributed by atoms with Crippen molar-refractivity contribution in [3.05, 3.63) is 0 Å². The first-order valence-electron chi connectivity index (χ1n) is 5.80. The molecule has 0 aromatic heterocycles. The first-order valence-corrected chi connectivity index (χ1v) is 6.95. The van der Waals surface area contributed by atoms with Gasteiger partial charge in [-0.2, -0.15) is 11.8 Å². The fourth-order valence-corrected chi connectivity index (χ4v) is 3.38. The average Bonchev–Trinajstić information content (AvgIpc) is 2.78. The van der Waals surface area contributed by atoms with Crippen LogP contribution in [0.5, 0.6) is 0 Å². The van der Waals surface area contributed by atoms with Gasteiger partial charge in [0.05, 0.1) is 12.7 Å². The van der Waals surface area contributed by atoms with E-state index in [9.17, 15) is 9.90 Å². The van der Waals surface area contributed by atoms with Gasteiger partial charge in [0, 0.05) is 12.4 Å². The van der Waals surface area contributed by atoms with Crippen molar-refractivity contribution >= 4 is 17.7 Å². The van der Waals surface area contributed by atoms with Gasteiger partial charge in [-0.1, -0.05) is 0 Å². The highest BCUT2D eigenvalue weighted by molar-refractivity contribution is 7.99. The molecule has 2 heterocycles. The highest BCUT2D eigenvalue weighted by atomic mass is 32.2. The van der Waals surface area contributed by atoms with Gasteiger partial charge in [0.2, 0.25) is 0 Å². The van der Waals surface area contributed by atoms with Gasteiger partial charge in [-0.3, -0.25) is 0 Å². The molecule has 5 heteroatoms. The molecule has 0 saturated carbocycles. The Hall–Kier alpha value is -0.260. The Morgan fingerprint density at radius 3 is 3.00 bits per heavy atom. The van der Waals surface area contributed by atoms with Gasteiger partial charge < -0.3 is 14.6 Å². The largest absolute Gasteiger partial charge is 0.479 e. The van der Waals surface area contributed by atoms with Gasteiger partial charge in [0.1, 0.15) is 0 Å². The van der Waals surface area contributed by atoms with Crippen molar-refractivity contribution in [3.8, 4) is 0 Å². The van der Waals surface area contributed by atoms with Crippen LogP contribution in [-0.2, 0) is 14.3 Å². The predicted molar refractivity (Wildman–Crippen MR) is 61.9 cm³/mol. The first-order chi connectivity index (χ1) is 7.73. The second kappa shape index (κ2) is 5.38. The Labute approximate surface area is 99.7 Å². The highest BCUT2D eigenvalue weighted by Crippen LogP contribution is 2.32. The molecule has 16 heavy (non-hydrogen) atoms. The summed E-state index contributed by atoms with van der Waals surface area (Å²) in [7, 11) is 0. The average molecular weight is 246 g/mol. The fourth-order valence-electron chi connectivity index (χ4n) is 2.08. The fraction of sp³-hybridized carbons (Fsp3) is 0.909. The summed E-state index contributed by atoms with van der Waals surface area (Å²) in [5.41, 5.74) is -0.953. The summed E-state index contributed by atoms with van der Waals surface area (Å²) in [5.74, 6) is 0.612. The molecule has 1 N–H and O–H groups in total. The molecular weight excluding hydrogens is 228 g/mol. The standard InChI is InChI=1S/C11H18O4S/c12-10(13)11(4-6-16-8-11)15-7-9-3-1-2-5-14-9/h9H,1-8H2,(H,12,13). The van der Waals surface area contributed by atoms with Gasteiger partial charge >= 0.3 is 5.97 Å². The molecule has 0 aliphatic carbocycles. The van der Waals surface area contributed by atoms with E-state index in [4.69, 9.17) is 9.47 Å². The summed E-state index contributed by atoms with van der Waals surface area (Å²) in [6.45, 7) is 1.20. The lowest BCUT2D eigenvalue weighted by Gasteiger charge is -2.28. The predicted octanol–water partition coefficient (Wildman–Crippen LogP) is 1.53. The monoisotopic (exact) mass is 246 g/mol. The molecule has 2 rings (SSSR count). The van der Waals surface area contributed by atoms with E-state index in [1.54, 1.807) is 11.8 Å². The van der Waals surface area contributed by atoms with E-state index >= 15 is 0 Å². The van der Waals surface area contributed by atoms with Gasteiger partial charge in [-0.25, -0.2) is 4.79 Å². The smallest absolute Gasteiger partial charge is 0.336 e. The van der Waals surface area contributed by atoms with Crippen LogP contribution in [0.15, 0.2) is 0 Å². The number of carboxylic acid groups (broad SMARTS) is 1. The normalized spacial score (nSPS) is 35.1. The van der Waals surface area contributed by atoms with E-state index < -0.39 is 11.6 Å². The molecule has 0 aromatic carbocycles. The lowest BCUT2D eigenvalue weighted by atomic mass is 10.0. The molecule has 2 unspecified atom stereocenters. The number of carboxylic acids is 1. The van der Waals surface area contributed by atoms with Crippen LogP contribution >= 0.6 is 11.8 Å². The van der Waals surface area contributed by atoms with Crippen LogP contribution in [0.3, 0.4) is 0 Å². The zero-order chi connectivity index (χ0) is 11.4. The van der Waals surface area contributed by atoms with Gasteiger partial charge in [-0.05, 0) is 31.4 Å². The van der Waals surface area contributed by atoms with E-state index in [1.165, 1.54) is 0 Å². The SMILES string of the molecule is O=C(O)C1(OCC2CCCCO2)CCSC1. The van der Waals surface area contributed by atoms with E-state index in [0.29, 0.717) is 18.8 Å². The first kappa shape index (κ1) is 12.2. The molecule has 92 valence electrons. The van der Waals surface area contributed by atoms with Crippen molar-refractivity contribution in [1.29, 1.82) is 0 Å². The maximum Gasteiger partial charge on any atom is 0.336 e. The van der Waals surface area contributed by atoms with Gasteiger partial charge in [0.25, 0.3) is 0 Å². The quantitative estimate of drug-likeness (QED) is 0.815. The maximum atomic E-state index is 11.2. The summed E-state index contributed by atoms with van der Waals surface area (Å²) in [4.78, 5) is 11.2. The number of carbonyl (C=O) groups is 1. The van der Waals surface area contributed by atoms with Crippen molar-refractivity contribution in [2.45, 2.75) is 37.4 Å². The molecule has 2 aliphatic heterocycles. The van der Waals surface area contributed by atoms with E-state index in [2.05, 4.69) is 0 Å². The van der Waals surface area contributed by atoms with Crippen LogP contribution < -0.4 is 0 Å². The van der Waals surface area contributed by atoms with Crippen LogP contribution in [-0.4, -0.2) is 47.5 Å². The Balaban J connectivity index is 1.84. The third-order valence-electron chi connectivity index (χ3n) is 3.19. The highest BCUT2D eigenvalue weighted by Gasteiger charge is 2.43. The molecule has 0 radical (unpaired) electrons. The minimum atomic E-state index is -0.953. The van der Waals surface area contributed by atoms with Crippen molar-refractivity contribution in [2.24, 2.45) is 0 Å². The molecule has 2 aliphatic rings. The van der Waals surface area contributed by atoms with Crippen LogP contribution in [0, 0.1) is 0 Å². The third kappa shape index (κ3) is 2.70. The van der Waals surface area contributed by atoms with E-state index in [0.717, 1.165) is 31.6 Å². The summed E-state index contributed by atoms with van der Waals surface area (Å²) < 4.78 is 11.2. The Bertz CT molecular complexity index is 244. The summed E-state index contributed by atoms with van der Waals surface area (Å²) >= 11 is 1.65. The molecule has 2 fully saturated rings. The van der Waals surface area contributed by atoms with Crippen molar-refractivity contribution in [3.63, 3.8) is 0 Å². The Morgan fingerprint density at radius 2 is 2.44 bits per heavy atom. The maximum absolute atomic E-state index is 11.2. The van der Waals surface area contributed by atoms with Gasteiger partial charge in [-0.15, -0.1) is 0 Å². The number of thioether (sulfide) groups is 1. The van der Waals surface area contributed by atoms with Crippen LogP contribution in [0.2, 0.25) is 0 Å². The van der Waals surface area contributed by atoms with E-state index in [-0.39, 0.29) is 6.10 Å². The van der Waals surface area contributed by atoms with Crippen LogP contribution in [0.25, 0.3) is 0 Å². The van der Waals surface area contributed by atoms with Crippen LogP contribution in [0.1, 0.15) is 25.7 Å². The molecule has 0 spiro atoms. The van der Waals surface area contributed by atoms with Crippen molar-refractivity contribution in [1.82, 2.24) is 0 Å². The lowest BCUT2D eigenvalue weighted by molar-refractivity contribution is -0.168. The second-order valence-electron chi connectivity index (χ2n) is 4.40. The molecule has 0 bridgehead atoms. The Kier molecular flexibility index (Phi) is 4.10. The third-order valence-corrected chi connectivity index (χ3v) is 4.36. The van der Waals surface area contributed by atoms with Gasteiger partial charge in [0.15, 0.2) is 5.60 Å². The second-order valence-corrected chi connectivity index (χ2v) is 5.51. The summed E-state index contributed by atoms with van der Waals surface area (Å²) in [6.07, 6.45) is 3.96. The van der Waals surface area contributed by atoms with Crippen molar-refractivity contribution in [2.75, 3.05) is 24.7 Å². The molecule has 2 atom stereocenters. The number of ether oxygens (including phenoxy) is 2. The zero-order valence-electron chi connectivity index (χ0n) is 9.31. The molecule has 2 saturated heterocycles. The number of aliphatic carboxylic acids is 1. The molecular formula is C11H18O4S. The summed E-state index contributed by atoms with van der Waals surface area (Å²) in [5, 5.41) is 9.21. The summed E-state index contributed by atoms with van der Waals surface area (Å²) in [6, 6.07) is 0. The topological polar surface area (TPSA) is 55.8 Å². The number of hydrogen-bond donors (Lipinski definition) is 1. The van der Waals surface area contributed by atoms with E-state index in [1.807, 2.05) is 0 Å². The lowest BCUT2D eigenvalue weighted by Crippen LogP contribution is -2.44. The minimum Gasteiger partial charge on any atom is -0.479 e. The molecule has 0 aromatic rings. The van der Waals surface area contributed by atoms with Crippen molar-refractivity contribution < 1.29 is 19.4 Å². The molecule has 0 amide bonds. The Morgan fingerprint density at radius 1 is 1.56 bits per heavy atom. The zero-order valence-corrected chi connectivity index (χ0v) is 10.1.